The standard InChI is InChI=1S/C12H12N6O3/c13-17-10-3-1-2-9(11(10)18(20)21)12(19)15-6-8-4-5-14-7-16-8/h1-5,7,17H,6,13H2,(H,15,19). The zero-order chi connectivity index (χ0) is 15.2. The van der Waals surface area contributed by atoms with E-state index in [1.54, 1.807) is 6.07 Å². The Kier molecular flexibility index (Phi) is 4.36. The highest BCUT2D eigenvalue weighted by Gasteiger charge is 2.23. The minimum Gasteiger partial charge on any atom is -0.346 e. The first-order chi connectivity index (χ1) is 10.1. The van der Waals surface area contributed by atoms with E-state index >= 15 is 0 Å². The summed E-state index contributed by atoms with van der Waals surface area (Å²) in [5.74, 6) is 4.63. The summed E-state index contributed by atoms with van der Waals surface area (Å²) in [6.07, 6.45) is 2.89. The molecule has 108 valence electrons. The second kappa shape index (κ2) is 6.39. The first-order valence-electron chi connectivity index (χ1n) is 5.90. The van der Waals surface area contributed by atoms with Gasteiger partial charge in [0, 0.05) is 6.20 Å². The number of carbonyl (C=O) groups excluding carboxylic acids is 1. The minimum atomic E-state index is -0.658. The summed E-state index contributed by atoms with van der Waals surface area (Å²) in [7, 11) is 0. The largest absolute Gasteiger partial charge is 0.346 e. The van der Waals surface area contributed by atoms with Gasteiger partial charge in [0.25, 0.3) is 5.91 Å². The van der Waals surface area contributed by atoms with Gasteiger partial charge >= 0.3 is 5.69 Å². The lowest BCUT2D eigenvalue weighted by Crippen LogP contribution is -2.24. The molecule has 0 bridgehead atoms. The van der Waals surface area contributed by atoms with Crippen molar-refractivity contribution < 1.29 is 9.72 Å². The number of nitro benzene ring substituents is 1. The number of hydrogen-bond donors (Lipinski definition) is 3. The van der Waals surface area contributed by atoms with E-state index in [0.29, 0.717) is 5.69 Å². The van der Waals surface area contributed by atoms with Crippen LogP contribution in [-0.4, -0.2) is 20.8 Å². The molecule has 1 aromatic carbocycles. The monoisotopic (exact) mass is 288 g/mol. The molecule has 1 heterocycles. The lowest BCUT2D eigenvalue weighted by atomic mass is 10.1. The second-order valence-electron chi connectivity index (χ2n) is 3.99. The molecule has 0 aliphatic heterocycles. The number of anilines is 1. The number of carbonyl (C=O) groups is 1. The van der Waals surface area contributed by atoms with Crippen LogP contribution in [0.2, 0.25) is 0 Å². The average molecular weight is 288 g/mol. The van der Waals surface area contributed by atoms with Gasteiger partial charge in [0.05, 0.1) is 17.2 Å². The molecule has 0 saturated heterocycles. The fourth-order valence-electron chi connectivity index (χ4n) is 1.73. The Balaban J connectivity index is 2.21. The molecule has 21 heavy (non-hydrogen) atoms. The second-order valence-corrected chi connectivity index (χ2v) is 3.99. The fraction of sp³-hybridized carbons (Fsp3) is 0.0833. The van der Waals surface area contributed by atoms with E-state index in [1.165, 1.54) is 30.7 Å². The fourth-order valence-corrected chi connectivity index (χ4v) is 1.73. The zero-order valence-electron chi connectivity index (χ0n) is 10.8. The molecule has 2 rings (SSSR count). The number of hydrogen-bond acceptors (Lipinski definition) is 7. The number of nitro groups is 1. The summed E-state index contributed by atoms with van der Waals surface area (Å²) in [4.78, 5) is 30.2. The third kappa shape index (κ3) is 3.28. The SMILES string of the molecule is NNc1cccc(C(=O)NCc2ccncn2)c1[N+](=O)[O-]. The average Bonchev–Trinajstić information content (AvgIpc) is 2.52. The first-order valence-corrected chi connectivity index (χ1v) is 5.90. The Hall–Kier alpha value is -3.07. The number of para-hydroxylation sites is 1. The third-order valence-electron chi connectivity index (χ3n) is 2.69. The number of aromatic nitrogens is 2. The molecule has 0 spiro atoms. The number of nitrogens with two attached hydrogens (primary N) is 1. The first kappa shape index (κ1) is 14.3. The molecule has 9 heteroatoms. The Bertz CT molecular complexity index is 661. The highest BCUT2D eigenvalue weighted by Crippen LogP contribution is 2.27. The van der Waals surface area contributed by atoms with E-state index in [-0.39, 0.29) is 23.5 Å². The highest BCUT2D eigenvalue weighted by atomic mass is 16.6. The molecule has 0 aliphatic carbocycles. The van der Waals surface area contributed by atoms with E-state index in [9.17, 15) is 14.9 Å². The summed E-state index contributed by atoms with van der Waals surface area (Å²) < 4.78 is 0. The number of nitrogen functional groups attached to an aromatic ring is 1. The van der Waals surface area contributed by atoms with E-state index < -0.39 is 10.8 Å². The molecule has 1 aromatic heterocycles. The van der Waals surface area contributed by atoms with Crippen LogP contribution in [0.15, 0.2) is 36.8 Å². The summed E-state index contributed by atoms with van der Waals surface area (Å²) in [5.41, 5.74) is 2.41. The Morgan fingerprint density at radius 3 is 2.81 bits per heavy atom. The Morgan fingerprint density at radius 1 is 1.38 bits per heavy atom. The molecular weight excluding hydrogens is 276 g/mol. The van der Waals surface area contributed by atoms with Crippen LogP contribution >= 0.6 is 0 Å². The van der Waals surface area contributed by atoms with Crippen molar-refractivity contribution in [3.63, 3.8) is 0 Å². The molecule has 9 nitrogen and oxygen atoms in total. The van der Waals surface area contributed by atoms with Crippen LogP contribution in [0.3, 0.4) is 0 Å². The zero-order valence-corrected chi connectivity index (χ0v) is 10.8. The van der Waals surface area contributed by atoms with Gasteiger partial charge < -0.3 is 10.7 Å². The lowest BCUT2D eigenvalue weighted by molar-refractivity contribution is -0.384. The van der Waals surface area contributed by atoms with Gasteiger partial charge in [0.15, 0.2) is 0 Å². The van der Waals surface area contributed by atoms with Gasteiger partial charge in [-0.2, -0.15) is 0 Å². The van der Waals surface area contributed by atoms with Crippen molar-refractivity contribution in [3.8, 4) is 0 Å². The Labute approximate surface area is 119 Å². The predicted octanol–water partition coefficient (Wildman–Crippen LogP) is 0.600. The smallest absolute Gasteiger partial charge is 0.306 e. The van der Waals surface area contributed by atoms with Crippen LogP contribution in [0.1, 0.15) is 16.1 Å². The summed E-state index contributed by atoms with van der Waals surface area (Å²) >= 11 is 0. The summed E-state index contributed by atoms with van der Waals surface area (Å²) in [5, 5.41) is 13.6. The predicted molar refractivity (Wildman–Crippen MR) is 74.1 cm³/mol. The molecule has 2 aromatic rings. The van der Waals surface area contributed by atoms with Crippen molar-refractivity contribution in [2.75, 3.05) is 5.43 Å². The van der Waals surface area contributed by atoms with Crippen molar-refractivity contribution in [1.82, 2.24) is 15.3 Å². The minimum absolute atomic E-state index is 0.0645. The van der Waals surface area contributed by atoms with Gasteiger partial charge in [-0.25, -0.2) is 9.97 Å². The van der Waals surface area contributed by atoms with Crippen molar-refractivity contribution in [1.29, 1.82) is 0 Å². The summed E-state index contributed by atoms with van der Waals surface area (Å²) in [6, 6.07) is 5.90. The molecule has 0 fully saturated rings. The Morgan fingerprint density at radius 2 is 2.19 bits per heavy atom. The van der Waals surface area contributed by atoms with Gasteiger partial charge in [-0.1, -0.05) is 6.07 Å². The van der Waals surface area contributed by atoms with Gasteiger partial charge in [-0.15, -0.1) is 0 Å². The van der Waals surface area contributed by atoms with Crippen molar-refractivity contribution >= 4 is 17.3 Å². The van der Waals surface area contributed by atoms with Crippen LogP contribution in [0, 0.1) is 10.1 Å². The maximum Gasteiger partial charge on any atom is 0.306 e. The molecule has 4 N–H and O–H groups in total. The van der Waals surface area contributed by atoms with Crippen LogP contribution in [0.5, 0.6) is 0 Å². The third-order valence-corrected chi connectivity index (χ3v) is 2.69. The maximum atomic E-state index is 12.1. The topological polar surface area (TPSA) is 136 Å². The number of rotatable bonds is 5. The molecule has 0 saturated carbocycles. The maximum absolute atomic E-state index is 12.1. The molecule has 0 aliphatic rings. The molecule has 0 radical (unpaired) electrons. The number of hydrazine groups is 1. The van der Waals surface area contributed by atoms with Gasteiger partial charge in [0.1, 0.15) is 17.6 Å². The number of nitrogens with one attached hydrogen (secondary N) is 2. The molecule has 0 unspecified atom stereocenters. The normalized spacial score (nSPS) is 9.95. The van der Waals surface area contributed by atoms with E-state index in [1.807, 2.05) is 0 Å². The molecule has 1 amide bonds. The van der Waals surface area contributed by atoms with Crippen LogP contribution in [0.4, 0.5) is 11.4 Å². The summed E-state index contributed by atoms with van der Waals surface area (Å²) in [6.45, 7) is 0.138. The number of amides is 1. The van der Waals surface area contributed by atoms with Crippen molar-refractivity contribution in [3.05, 3.63) is 58.2 Å². The molecular formula is C12H12N6O3. The van der Waals surface area contributed by atoms with Crippen LogP contribution in [-0.2, 0) is 6.54 Å². The van der Waals surface area contributed by atoms with Crippen molar-refractivity contribution in [2.24, 2.45) is 5.84 Å². The number of benzene rings is 1. The van der Waals surface area contributed by atoms with Crippen LogP contribution < -0.4 is 16.6 Å². The van der Waals surface area contributed by atoms with Gasteiger partial charge in [-0.3, -0.25) is 20.8 Å². The van der Waals surface area contributed by atoms with E-state index in [0.717, 1.165) is 0 Å². The van der Waals surface area contributed by atoms with E-state index in [2.05, 4.69) is 20.7 Å². The quantitative estimate of drug-likeness (QED) is 0.416. The highest BCUT2D eigenvalue weighted by molar-refractivity contribution is 6.00. The number of nitrogens with zero attached hydrogens (tertiary/aromatic N) is 3. The van der Waals surface area contributed by atoms with E-state index in [4.69, 9.17) is 5.84 Å². The van der Waals surface area contributed by atoms with Crippen molar-refractivity contribution in [2.45, 2.75) is 6.54 Å². The van der Waals surface area contributed by atoms with Crippen LogP contribution in [0.25, 0.3) is 0 Å². The van der Waals surface area contributed by atoms with Gasteiger partial charge in [-0.05, 0) is 18.2 Å². The molecule has 0 atom stereocenters. The lowest BCUT2D eigenvalue weighted by Gasteiger charge is -2.08. The van der Waals surface area contributed by atoms with Gasteiger partial charge in [0.2, 0.25) is 0 Å².